The monoisotopic (exact) mass is 290 g/mol. The van der Waals surface area contributed by atoms with Crippen LogP contribution < -0.4 is 0 Å². The molecule has 1 rings (SSSR count). The van der Waals surface area contributed by atoms with Crippen molar-refractivity contribution in [2.75, 3.05) is 0 Å². The van der Waals surface area contributed by atoms with E-state index in [0.717, 1.165) is 13.8 Å². The smallest absolute Gasteiger partial charge is 0.303 e. The molecule has 0 bridgehead atoms. The van der Waals surface area contributed by atoms with Crippen LogP contribution in [0, 0.1) is 0 Å². The molecule has 1 saturated heterocycles. The highest BCUT2D eigenvalue weighted by atomic mass is 16.7. The number of carbonyl (C=O) groups is 3. The maximum absolute atomic E-state index is 11.2. The van der Waals surface area contributed by atoms with Gasteiger partial charge in [0.1, 0.15) is 0 Å². The molecule has 1 heterocycles. The summed E-state index contributed by atoms with van der Waals surface area (Å²) in [6.07, 6.45) is -5.60. The predicted molar refractivity (Wildman–Crippen MR) is 63.2 cm³/mol. The molecule has 0 saturated carbocycles. The molecule has 0 spiro atoms. The lowest BCUT2D eigenvalue weighted by atomic mass is 9.99. The summed E-state index contributed by atoms with van der Waals surface area (Å²) < 4.78 is 20.1. The lowest BCUT2D eigenvalue weighted by Crippen LogP contribution is -2.60. The minimum Gasteiger partial charge on any atom is -0.456 e. The quantitative estimate of drug-likeness (QED) is 0.548. The lowest BCUT2D eigenvalue weighted by molar-refractivity contribution is -0.288. The highest BCUT2D eigenvalue weighted by Crippen LogP contribution is 2.27. The summed E-state index contributed by atoms with van der Waals surface area (Å²) in [5.74, 6) is -1.96. The summed E-state index contributed by atoms with van der Waals surface area (Å²) in [5.41, 5.74) is 0. The van der Waals surface area contributed by atoms with Gasteiger partial charge in [-0.1, -0.05) is 0 Å². The van der Waals surface area contributed by atoms with Crippen LogP contribution in [0.3, 0.4) is 0 Å². The van der Waals surface area contributed by atoms with Crippen molar-refractivity contribution in [1.82, 2.24) is 0 Å². The number of rotatable bonds is 3. The van der Waals surface area contributed by atoms with E-state index in [2.05, 4.69) is 0 Å². The SMILES string of the molecule is CC(=O)OC1C(C)O[C@@H](O)C(OC(C)=O)C1OC(C)=O. The molecule has 8 nitrogen and oxygen atoms in total. The van der Waals surface area contributed by atoms with Gasteiger partial charge in [-0.05, 0) is 6.92 Å². The van der Waals surface area contributed by atoms with Gasteiger partial charge in [0.2, 0.25) is 0 Å². The second kappa shape index (κ2) is 6.67. The number of aliphatic hydroxyl groups excluding tert-OH is 1. The summed E-state index contributed by atoms with van der Waals surface area (Å²) in [5, 5.41) is 9.79. The summed E-state index contributed by atoms with van der Waals surface area (Å²) >= 11 is 0. The Balaban J connectivity index is 3.01. The van der Waals surface area contributed by atoms with E-state index in [1.807, 2.05) is 0 Å². The highest BCUT2D eigenvalue weighted by Gasteiger charge is 2.49. The van der Waals surface area contributed by atoms with Crippen LogP contribution in [-0.2, 0) is 33.3 Å². The minimum atomic E-state index is -1.48. The molecular formula is C12H18O8. The Morgan fingerprint density at radius 3 is 1.70 bits per heavy atom. The second-order valence-electron chi connectivity index (χ2n) is 4.45. The Morgan fingerprint density at radius 1 is 0.850 bits per heavy atom. The fourth-order valence-corrected chi connectivity index (χ4v) is 1.99. The van der Waals surface area contributed by atoms with E-state index in [4.69, 9.17) is 18.9 Å². The number of carbonyl (C=O) groups excluding carboxylic acids is 3. The van der Waals surface area contributed by atoms with E-state index >= 15 is 0 Å². The van der Waals surface area contributed by atoms with Crippen molar-refractivity contribution >= 4 is 17.9 Å². The molecule has 1 fully saturated rings. The van der Waals surface area contributed by atoms with Crippen LogP contribution in [0.4, 0.5) is 0 Å². The normalized spacial score (nSPS) is 33.1. The van der Waals surface area contributed by atoms with Gasteiger partial charge in [0, 0.05) is 20.8 Å². The van der Waals surface area contributed by atoms with Crippen molar-refractivity contribution < 1.29 is 38.4 Å². The Hall–Kier alpha value is -1.67. The van der Waals surface area contributed by atoms with E-state index in [-0.39, 0.29) is 0 Å². The first-order valence-electron chi connectivity index (χ1n) is 6.07. The van der Waals surface area contributed by atoms with Crippen LogP contribution >= 0.6 is 0 Å². The maximum Gasteiger partial charge on any atom is 0.303 e. The van der Waals surface area contributed by atoms with Crippen molar-refractivity contribution in [2.24, 2.45) is 0 Å². The van der Waals surface area contributed by atoms with Gasteiger partial charge in [-0.3, -0.25) is 14.4 Å². The molecule has 114 valence electrons. The van der Waals surface area contributed by atoms with Gasteiger partial charge in [-0.15, -0.1) is 0 Å². The maximum atomic E-state index is 11.2. The molecule has 0 radical (unpaired) electrons. The average molecular weight is 290 g/mol. The fraction of sp³-hybridized carbons (Fsp3) is 0.750. The van der Waals surface area contributed by atoms with Gasteiger partial charge in [-0.2, -0.15) is 0 Å². The molecule has 1 aliphatic rings. The Morgan fingerprint density at radius 2 is 1.25 bits per heavy atom. The lowest BCUT2D eigenvalue weighted by Gasteiger charge is -2.41. The molecule has 0 aromatic heterocycles. The highest BCUT2D eigenvalue weighted by molar-refractivity contribution is 5.68. The first-order valence-corrected chi connectivity index (χ1v) is 6.07. The zero-order valence-electron chi connectivity index (χ0n) is 11.7. The van der Waals surface area contributed by atoms with Gasteiger partial charge in [0.05, 0.1) is 6.10 Å². The van der Waals surface area contributed by atoms with E-state index in [1.54, 1.807) is 0 Å². The molecule has 1 N–H and O–H groups in total. The van der Waals surface area contributed by atoms with Crippen LogP contribution in [0.2, 0.25) is 0 Å². The third kappa shape index (κ3) is 4.17. The number of esters is 3. The molecule has 0 aromatic rings. The molecule has 0 aromatic carbocycles. The fourth-order valence-electron chi connectivity index (χ4n) is 1.99. The average Bonchev–Trinajstić information content (AvgIpc) is 2.27. The first kappa shape index (κ1) is 16.4. The van der Waals surface area contributed by atoms with Gasteiger partial charge >= 0.3 is 17.9 Å². The summed E-state index contributed by atoms with van der Waals surface area (Å²) in [7, 11) is 0. The Bertz CT molecular complexity index is 365. The summed E-state index contributed by atoms with van der Waals surface area (Å²) in [6.45, 7) is 5.01. The van der Waals surface area contributed by atoms with Gasteiger partial charge in [0.15, 0.2) is 24.6 Å². The van der Waals surface area contributed by atoms with E-state index < -0.39 is 48.6 Å². The van der Waals surface area contributed by atoms with Gasteiger partial charge < -0.3 is 24.1 Å². The predicted octanol–water partition coefficient (Wildman–Crippen LogP) is -0.481. The van der Waals surface area contributed by atoms with Crippen LogP contribution in [0.1, 0.15) is 27.7 Å². The number of ether oxygens (including phenoxy) is 4. The third-order valence-electron chi connectivity index (χ3n) is 2.65. The summed E-state index contributed by atoms with van der Waals surface area (Å²) in [4.78, 5) is 33.3. The van der Waals surface area contributed by atoms with Crippen LogP contribution in [0.5, 0.6) is 0 Å². The van der Waals surface area contributed by atoms with Crippen molar-refractivity contribution in [3.8, 4) is 0 Å². The first-order chi connectivity index (χ1) is 9.22. The van der Waals surface area contributed by atoms with E-state index in [1.165, 1.54) is 13.8 Å². The molecule has 8 heteroatoms. The Labute approximate surface area is 115 Å². The number of hydrogen-bond acceptors (Lipinski definition) is 8. The number of hydrogen-bond donors (Lipinski definition) is 1. The second-order valence-corrected chi connectivity index (χ2v) is 4.45. The van der Waals surface area contributed by atoms with E-state index in [9.17, 15) is 19.5 Å². The van der Waals surface area contributed by atoms with Crippen molar-refractivity contribution in [3.05, 3.63) is 0 Å². The molecule has 5 atom stereocenters. The molecule has 1 aliphatic heterocycles. The molecule has 0 amide bonds. The third-order valence-corrected chi connectivity index (χ3v) is 2.65. The number of aliphatic hydroxyl groups is 1. The van der Waals surface area contributed by atoms with Crippen molar-refractivity contribution in [1.29, 1.82) is 0 Å². The minimum absolute atomic E-state index is 0.611. The van der Waals surface area contributed by atoms with E-state index in [0.29, 0.717) is 0 Å². The van der Waals surface area contributed by atoms with Crippen molar-refractivity contribution in [2.45, 2.75) is 58.4 Å². The van der Waals surface area contributed by atoms with Crippen LogP contribution in [0.25, 0.3) is 0 Å². The summed E-state index contributed by atoms with van der Waals surface area (Å²) in [6, 6.07) is 0. The topological polar surface area (TPSA) is 108 Å². The van der Waals surface area contributed by atoms with Crippen LogP contribution in [0.15, 0.2) is 0 Å². The van der Waals surface area contributed by atoms with Gasteiger partial charge in [-0.25, -0.2) is 0 Å². The molecule has 20 heavy (non-hydrogen) atoms. The molecule has 0 aliphatic carbocycles. The van der Waals surface area contributed by atoms with Crippen molar-refractivity contribution in [3.63, 3.8) is 0 Å². The van der Waals surface area contributed by atoms with Crippen LogP contribution in [-0.4, -0.2) is 53.7 Å². The molecule has 4 unspecified atom stereocenters. The standard InChI is InChI=1S/C12H18O8/c1-5-9(18-6(2)13)10(19-7(3)14)11(12(16)17-5)20-8(4)15/h5,9-12,16H,1-4H3/t5?,9?,10?,11?,12-/m1/s1. The largest absolute Gasteiger partial charge is 0.456 e. The zero-order valence-corrected chi connectivity index (χ0v) is 11.7. The Kier molecular flexibility index (Phi) is 5.46. The zero-order chi connectivity index (χ0) is 15.4. The van der Waals surface area contributed by atoms with Gasteiger partial charge in [0.25, 0.3) is 0 Å². The molecular weight excluding hydrogens is 272 g/mol.